The molecule has 0 aliphatic carbocycles. The lowest BCUT2D eigenvalue weighted by Crippen LogP contribution is -2.25. The third-order valence-electron chi connectivity index (χ3n) is 2.74. The van der Waals surface area contributed by atoms with Gasteiger partial charge in [-0.3, -0.25) is 0 Å². The van der Waals surface area contributed by atoms with Crippen molar-refractivity contribution >= 4 is 12.2 Å². The number of aromatic nitrogens is 2. The Balaban J connectivity index is 2.16. The first-order valence-electron chi connectivity index (χ1n) is 5.06. The van der Waals surface area contributed by atoms with E-state index in [9.17, 15) is 0 Å². The number of hydrogen-bond donors (Lipinski definition) is 1. The van der Waals surface area contributed by atoms with Crippen LogP contribution in [0, 0.1) is 11.7 Å². The summed E-state index contributed by atoms with van der Waals surface area (Å²) in [5.74, 6) is 0. The smallest absolute Gasteiger partial charge is 0.177 e. The van der Waals surface area contributed by atoms with Gasteiger partial charge in [-0.05, 0) is 38.9 Å². The monoisotopic (exact) mass is 212 g/mol. The molecule has 0 aromatic carbocycles. The van der Waals surface area contributed by atoms with Gasteiger partial charge in [0.25, 0.3) is 0 Å². The van der Waals surface area contributed by atoms with Crippen LogP contribution in [0.5, 0.6) is 0 Å². The molecule has 1 N–H and O–H groups in total. The number of nitrogens with one attached hydrogen (secondary N) is 1. The van der Waals surface area contributed by atoms with Crippen molar-refractivity contribution in [2.75, 3.05) is 6.61 Å². The Bertz CT molecular complexity index is 360. The van der Waals surface area contributed by atoms with Gasteiger partial charge in [0.1, 0.15) is 0 Å². The number of ether oxygens (including phenoxy) is 1. The van der Waals surface area contributed by atoms with Crippen molar-refractivity contribution in [2.24, 2.45) is 0 Å². The third-order valence-corrected chi connectivity index (χ3v) is 3.06. The summed E-state index contributed by atoms with van der Waals surface area (Å²) in [6.07, 6.45) is 4.76. The molecule has 4 heteroatoms. The second-order valence-corrected chi connectivity index (χ2v) is 4.41. The second-order valence-electron chi connectivity index (χ2n) is 4.02. The molecule has 2 rings (SSSR count). The first kappa shape index (κ1) is 9.93. The minimum absolute atomic E-state index is 0.403. The summed E-state index contributed by atoms with van der Waals surface area (Å²) < 4.78 is 8.56. The van der Waals surface area contributed by atoms with Crippen LogP contribution in [0.2, 0.25) is 0 Å². The topological polar surface area (TPSA) is 29.9 Å². The van der Waals surface area contributed by atoms with E-state index in [2.05, 4.69) is 22.7 Å². The average Bonchev–Trinajstić information content (AvgIpc) is 2.47. The molecule has 1 fully saturated rings. The predicted molar refractivity (Wildman–Crippen MR) is 58.0 cm³/mol. The highest BCUT2D eigenvalue weighted by Crippen LogP contribution is 2.23. The van der Waals surface area contributed by atoms with Gasteiger partial charge in [0.2, 0.25) is 0 Å². The number of rotatable bonds is 1. The fourth-order valence-corrected chi connectivity index (χ4v) is 2.26. The summed E-state index contributed by atoms with van der Waals surface area (Å²) >= 11 is 5.23. The van der Waals surface area contributed by atoms with Gasteiger partial charge in [-0.1, -0.05) is 0 Å². The van der Waals surface area contributed by atoms with Gasteiger partial charge in [-0.15, -0.1) is 0 Å². The van der Waals surface area contributed by atoms with Crippen molar-refractivity contribution < 1.29 is 4.74 Å². The van der Waals surface area contributed by atoms with Crippen molar-refractivity contribution in [1.29, 1.82) is 0 Å². The van der Waals surface area contributed by atoms with Crippen molar-refractivity contribution in [3.63, 3.8) is 0 Å². The van der Waals surface area contributed by atoms with Crippen LogP contribution in [0.1, 0.15) is 31.5 Å². The lowest BCUT2D eigenvalue weighted by atomic mass is 10.1. The Kier molecular flexibility index (Phi) is 2.74. The van der Waals surface area contributed by atoms with Gasteiger partial charge < -0.3 is 14.3 Å². The van der Waals surface area contributed by atoms with Gasteiger partial charge in [-0.25, -0.2) is 0 Å². The Morgan fingerprint density at radius 2 is 2.36 bits per heavy atom. The quantitative estimate of drug-likeness (QED) is 0.725. The van der Waals surface area contributed by atoms with Crippen LogP contribution in [0.4, 0.5) is 0 Å². The van der Waals surface area contributed by atoms with Gasteiger partial charge >= 0.3 is 0 Å². The molecular formula is C10H16N2OS. The lowest BCUT2D eigenvalue weighted by molar-refractivity contribution is -0.00104. The van der Waals surface area contributed by atoms with E-state index in [1.165, 1.54) is 0 Å². The number of nitrogens with zero attached hydrogens (tertiary/aromatic N) is 1. The largest absolute Gasteiger partial charge is 0.376 e. The lowest BCUT2D eigenvalue weighted by Gasteiger charge is -2.27. The summed E-state index contributed by atoms with van der Waals surface area (Å²) in [4.78, 5) is 3.14. The van der Waals surface area contributed by atoms with Crippen LogP contribution in [-0.4, -0.2) is 22.3 Å². The van der Waals surface area contributed by atoms with Gasteiger partial charge in [0.05, 0.1) is 18.8 Å². The van der Waals surface area contributed by atoms with Crippen LogP contribution in [0.3, 0.4) is 0 Å². The fraction of sp³-hybridized carbons (Fsp3) is 0.700. The maximum Gasteiger partial charge on any atom is 0.177 e. The summed E-state index contributed by atoms with van der Waals surface area (Å²) in [7, 11) is 0. The van der Waals surface area contributed by atoms with Crippen LogP contribution >= 0.6 is 12.2 Å². The molecule has 2 atom stereocenters. The second kappa shape index (κ2) is 3.87. The summed E-state index contributed by atoms with van der Waals surface area (Å²) in [6.45, 7) is 4.93. The molecule has 0 bridgehead atoms. The molecule has 2 unspecified atom stereocenters. The molecule has 0 amide bonds. The van der Waals surface area contributed by atoms with Gasteiger partial charge in [-0.2, -0.15) is 0 Å². The average molecular weight is 212 g/mol. The first-order valence-corrected chi connectivity index (χ1v) is 5.47. The zero-order chi connectivity index (χ0) is 10.1. The van der Waals surface area contributed by atoms with Crippen LogP contribution in [-0.2, 0) is 4.74 Å². The number of aryl methyl sites for hydroxylation is 1. The maximum atomic E-state index is 5.63. The fourth-order valence-electron chi connectivity index (χ4n) is 1.89. The molecule has 78 valence electrons. The highest BCUT2D eigenvalue weighted by Gasteiger charge is 2.20. The zero-order valence-corrected chi connectivity index (χ0v) is 9.43. The molecule has 0 radical (unpaired) electrons. The minimum atomic E-state index is 0.403. The molecule has 1 aliphatic rings. The Labute approximate surface area is 89.1 Å². The molecule has 2 heterocycles. The van der Waals surface area contributed by atoms with Crippen molar-refractivity contribution in [2.45, 2.75) is 38.8 Å². The summed E-state index contributed by atoms with van der Waals surface area (Å²) in [6, 6.07) is 0.420. The third kappa shape index (κ3) is 1.91. The molecule has 1 aromatic rings. The predicted octanol–water partition coefficient (Wildman–Crippen LogP) is 2.59. The molecule has 1 saturated heterocycles. The van der Waals surface area contributed by atoms with Crippen LogP contribution < -0.4 is 0 Å². The zero-order valence-electron chi connectivity index (χ0n) is 8.62. The normalized spacial score (nSPS) is 27.9. The van der Waals surface area contributed by atoms with Gasteiger partial charge in [0.15, 0.2) is 4.77 Å². The summed E-state index contributed by atoms with van der Waals surface area (Å²) in [5.41, 5.74) is 1.12. The molecule has 0 spiro atoms. The molecule has 0 saturated carbocycles. The first-order chi connectivity index (χ1) is 6.66. The van der Waals surface area contributed by atoms with E-state index >= 15 is 0 Å². The van der Waals surface area contributed by atoms with E-state index in [1.54, 1.807) is 0 Å². The van der Waals surface area contributed by atoms with Crippen molar-refractivity contribution in [1.82, 2.24) is 9.55 Å². The Morgan fingerprint density at radius 3 is 2.86 bits per heavy atom. The van der Waals surface area contributed by atoms with E-state index in [0.717, 1.165) is 29.9 Å². The highest BCUT2D eigenvalue weighted by atomic mass is 32.1. The maximum absolute atomic E-state index is 5.63. The van der Waals surface area contributed by atoms with E-state index in [0.29, 0.717) is 12.1 Å². The number of hydrogen-bond acceptors (Lipinski definition) is 2. The highest BCUT2D eigenvalue weighted by molar-refractivity contribution is 7.71. The van der Waals surface area contributed by atoms with Crippen molar-refractivity contribution in [3.05, 3.63) is 16.7 Å². The van der Waals surface area contributed by atoms with Crippen LogP contribution in [0.15, 0.2) is 6.20 Å². The standard InChI is InChI=1S/C10H16N2OS/c1-7-5-12(10(14)11-7)9-4-3-8(2)13-6-9/h5,8-9H,3-4,6H2,1-2H3,(H,11,14). The SMILES string of the molecule is Cc1cn(C2CCC(C)OC2)c(=S)[nH]1. The molecule has 14 heavy (non-hydrogen) atoms. The number of imidazole rings is 1. The molecule has 1 aliphatic heterocycles. The molecule has 3 nitrogen and oxygen atoms in total. The summed E-state index contributed by atoms with van der Waals surface area (Å²) in [5, 5.41) is 0. The van der Waals surface area contributed by atoms with Crippen LogP contribution in [0.25, 0.3) is 0 Å². The Hall–Kier alpha value is -0.610. The van der Waals surface area contributed by atoms with E-state index in [4.69, 9.17) is 17.0 Å². The Morgan fingerprint density at radius 1 is 1.57 bits per heavy atom. The minimum Gasteiger partial charge on any atom is -0.376 e. The number of H-pyrrole nitrogens is 1. The van der Waals surface area contributed by atoms with E-state index < -0.39 is 0 Å². The van der Waals surface area contributed by atoms with E-state index in [1.807, 2.05) is 6.92 Å². The van der Waals surface area contributed by atoms with Crippen molar-refractivity contribution in [3.8, 4) is 0 Å². The molecular weight excluding hydrogens is 196 g/mol. The molecule has 1 aromatic heterocycles. The number of aromatic amines is 1. The van der Waals surface area contributed by atoms with E-state index in [-0.39, 0.29) is 0 Å². The van der Waals surface area contributed by atoms with Gasteiger partial charge in [0, 0.05) is 11.9 Å².